The van der Waals surface area contributed by atoms with Gasteiger partial charge in [-0.2, -0.15) is 0 Å². The van der Waals surface area contributed by atoms with Crippen LogP contribution >= 0.6 is 0 Å². The fourth-order valence-electron chi connectivity index (χ4n) is 4.74. The van der Waals surface area contributed by atoms with Gasteiger partial charge in [-0.15, -0.1) is 0 Å². The average Bonchev–Trinajstić information content (AvgIpc) is 2.87. The number of anilines is 1. The van der Waals surface area contributed by atoms with Gasteiger partial charge in [-0.05, 0) is 75.9 Å². The molecule has 0 saturated carbocycles. The van der Waals surface area contributed by atoms with Crippen LogP contribution in [0.3, 0.4) is 0 Å². The third-order valence-corrected chi connectivity index (χ3v) is 6.84. The standard InChI is InChI=1S/C28H34N4O5/c1-28(2,3)37-27(36)19-7-5-18(6-8-19)26(35)31(4)21-13-15-32(16-14-21)23-11-9-20(17-29-23)22-10-12-24(33)30-25(22)34/h5-9,11,17,21-22H,10,12-16H2,1-4H3,(H,30,33,34). The number of nitrogens with zero attached hydrogens (tertiary/aromatic N) is 3. The summed E-state index contributed by atoms with van der Waals surface area (Å²) in [5.74, 6) is -0.496. The van der Waals surface area contributed by atoms with Gasteiger partial charge in [-0.25, -0.2) is 9.78 Å². The highest BCUT2D eigenvalue weighted by molar-refractivity contribution is 6.01. The van der Waals surface area contributed by atoms with Gasteiger partial charge in [0.25, 0.3) is 5.91 Å². The summed E-state index contributed by atoms with van der Waals surface area (Å²) in [5.41, 5.74) is 1.18. The summed E-state index contributed by atoms with van der Waals surface area (Å²) in [6.07, 6.45) is 4.16. The van der Waals surface area contributed by atoms with Crippen LogP contribution in [-0.2, 0) is 14.3 Å². The number of esters is 1. The first-order valence-corrected chi connectivity index (χ1v) is 12.7. The molecule has 1 atom stereocenters. The Kier molecular flexibility index (Phi) is 7.61. The van der Waals surface area contributed by atoms with E-state index < -0.39 is 11.6 Å². The highest BCUT2D eigenvalue weighted by atomic mass is 16.6. The molecule has 37 heavy (non-hydrogen) atoms. The van der Waals surface area contributed by atoms with Crippen molar-refractivity contribution in [2.75, 3.05) is 25.0 Å². The number of hydrogen-bond donors (Lipinski definition) is 1. The maximum atomic E-state index is 13.1. The zero-order valence-corrected chi connectivity index (χ0v) is 21.8. The zero-order chi connectivity index (χ0) is 26.7. The summed E-state index contributed by atoms with van der Waals surface area (Å²) in [7, 11) is 1.82. The summed E-state index contributed by atoms with van der Waals surface area (Å²) < 4.78 is 5.39. The van der Waals surface area contributed by atoms with Crippen LogP contribution in [0.4, 0.5) is 5.82 Å². The van der Waals surface area contributed by atoms with Crippen LogP contribution in [0.25, 0.3) is 0 Å². The molecule has 2 aromatic rings. The van der Waals surface area contributed by atoms with E-state index in [-0.39, 0.29) is 29.7 Å². The molecule has 9 nitrogen and oxygen atoms in total. The largest absolute Gasteiger partial charge is 0.456 e. The van der Waals surface area contributed by atoms with E-state index in [1.54, 1.807) is 35.4 Å². The Morgan fingerprint density at radius 3 is 2.22 bits per heavy atom. The molecular formula is C28H34N4O5. The number of rotatable bonds is 5. The predicted octanol–water partition coefficient (Wildman–Crippen LogP) is 3.30. The maximum absolute atomic E-state index is 13.1. The molecule has 0 aliphatic carbocycles. The van der Waals surface area contributed by atoms with E-state index in [0.717, 1.165) is 37.3 Å². The van der Waals surface area contributed by atoms with Gasteiger partial charge in [-0.3, -0.25) is 19.7 Å². The lowest BCUT2D eigenvalue weighted by Gasteiger charge is -2.37. The molecule has 4 rings (SSSR count). The number of pyridine rings is 1. The molecule has 0 radical (unpaired) electrons. The molecule has 0 bridgehead atoms. The lowest BCUT2D eigenvalue weighted by Crippen LogP contribution is -2.46. The molecule has 1 unspecified atom stereocenters. The number of amides is 3. The Hall–Kier alpha value is -3.75. The Balaban J connectivity index is 1.31. The van der Waals surface area contributed by atoms with Crippen LogP contribution in [0.15, 0.2) is 42.6 Å². The van der Waals surface area contributed by atoms with E-state index >= 15 is 0 Å². The number of carbonyl (C=O) groups is 4. The van der Waals surface area contributed by atoms with Crippen LogP contribution in [0.1, 0.15) is 78.7 Å². The number of carbonyl (C=O) groups excluding carboxylic acids is 4. The molecule has 1 N–H and O–H groups in total. The van der Waals surface area contributed by atoms with Crippen molar-refractivity contribution in [1.29, 1.82) is 0 Å². The van der Waals surface area contributed by atoms with Gasteiger partial charge in [0.1, 0.15) is 11.4 Å². The highest BCUT2D eigenvalue weighted by Crippen LogP contribution is 2.27. The van der Waals surface area contributed by atoms with E-state index in [9.17, 15) is 19.2 Å². The second kappa shape index (κ2) is 10.7. The second-order valence-electron chi connectivity index (χ2n) is 10.7. The van der Waals surface area contributed by atoms with Crippen molar-refractivity contribution in [3.05, 3.63) is 59.3 Å². The second-order valence-corrected chi connectivity index (χ2v) is 10.7. The van der Waals surface area contributed by atoms with E-state index in [0.29, 0.717) is 24.0 Å². The molecule has 0 spiro atoms. The highest BCUT2D eigenvalue weighted by Gasteiger charge is 2.29. The normalized spacial score (nSPS) is 18.8. The van der Waals surface area contributed by atoms with Crippen molar-refractivity contribution < 1.29 is 23.9 Å². The van der Waals surface area contributed by atoms with Gasteiger partial charge < -0.3 is 14.5 Å². The summed E-state index contributed by atoms with van der Waals surface area (Å²) >= 11 is 0. The molecule has 2 aliphatic rings. The van der Waals surface area contributed by atoms with Gasteiger partial charge >= 0.3 is 5.97 Å². The summed E-state index contributed by atoms with van der Waals surface area (Å²) in [6.45, 7) is 6.95. The van der Waals surface area contributed by atoms with Crippen LogP contribution in [-0.4, -0.2) is 65.4 Å². The topological polar surface area (TPSA) is 109 Å². The van der Waals surface area contributed by atoms with Crippen molar-refractivity contribution in [3.63, 3.8) is 0 Å². The van der Waals surface area contributed by atoms with Crippen molar-refractivity contribution in [2.24, 2.45) is 0 Å². The average molecular weight is 507 g/mol. The number of imide groups is 1. The van der Waals surface area contributed by atoms with Crippen molar-refractivity contribution >= 4 is 29.5 Å². The number of nitrogens with one attached hydrogen (secondary N) is 1. The lowest BCUT2D eigenvalue weighted by atomic mass is 9.91. The Morgan fingerprint density at radius 2 is 1.65 bits per heavy atom. The quantitative estimate of drug-likeness (QED) is 0.490. The molecule has 1 aromatic heterocycles. The summed E-state index contributed by atoms with van der Waals surface area (Å²) in [6, 6.07) is 10.5. The number of piperidine rings is 2. The van der Waals surface area contributed by atoms with E-state index in [1.807, 2.05) is 40.0 Å². The third kappa shape index (κ3) is 6.34. The van der Waals surface area contributed by atoms with Crippen molar-refractivity contribution in [1.82, 2.24) is 15.2 Å². The minimum atomic E-state index is -0.578. The molecule has 2 saturated heterocycles. The Bertz CT molecular complexity index is 1160. The van der Waals surface area contributed by atoms with Gasteiger partial charge in [0.05, 0.1) is 11.5 Å². The smallest absolute Gasteiger partial charge is 0.338 e. The van der Waals surface area contributed by atoms with Crippen molar-refractivity contribution in [2.45, 2.75) is 64.0 Å². The fourth-order valence-corrected chi connectivity index (χ4v) is 4.74. The van der Waals surface area contributed by atoms with Crippen LogP contribution < -0.4 is 10.2 Å². The van der Waals surface area contributed by atoms with E-state index in [2.05, 4.69) is 15.2 Å². The number of hydrogen-bond acceptors (Lipinski definition) is 7. The molecule has 3 heterocycles. The molecule has 2 aliphatic heterocycles. The van der Waals surface area contributed by atoms with Gasteiger partial charge in [-0.1, -0.05) is 6.07 Å². The van der Waals surface area contributed by atoms with E-state index in [1.165, 1.54) is 0 Å². The van der Waals surface area contributed by atoms with Crippen molar-refractivity contribution in [3.8, 4) is 0 Å². The first kappa shape index (κ1) is 26.3. The zero-order valence-electron chi connectivity index (χ0n) is 21.8. The number of benzene rings is 1. The molecule has 9 heteroatoms. The minimum Gasteiger partial charge on any atom is -0.456 e. The van der Waals surface area contributed by atoms with Gasteiger partial charge in [0.2, 0.25) is 11.8 Å². The minimum absolute atomic E-state index is 0.0825. The van der Waals surface area contributed by atoms with Gasteiger partial charge in [0, 0.05) is 44.4 Å². The molecule has 196 valence electrons. The van der Waals surface area contributed by atoms with Gasteiger partial charge in [0.15, 0.2) is 0 Å². The SMILES string of the molecule is CN(C(=O)c1ccc(C(=O)OC(C)(C)C)cc1)C1CCN(c2ccc(C3CCC(=O)NC3=O)cn2)CC1. The first-order valence-electron chi connectivity index (χ1n) is 12.7. The predicted molar refractivity (Wildman–Crippen MR) is 138 cm³/mol. The maximum Gasteiger partial charge on any atom is 0.338 e. The monoisotopic (exact) mass is 506 g/mol. The van der Waals surface area contributed by atoms with Crippen LogP contribution in [0.5, 0.6) is 0 Å². The van der Waals surface area contributed by atoms with Crippen LogP contribution in [0, 0.1) is 0 Å². The molecule has 3 amide bonds. The summed E-state index contributed by atoms with van der Waals surface area (Å²) in [4.78, 5) is 57.4. The molecule has 1 aromatic carbocycles. The summed E-state index contributed by atoms with van der Waals surface area (Å²) in [5, 5.41) is 2.39. The Labute approximate surface area is 217 Å². The Morgan fingerprint density at radius 1 is 1.00 bits per heavy atom. The fraction of sp³-hybridized carbons (Fsp3) is 0.464. The molecule has 2 fully saturated rings. The van der Waals surface area contributed by atoms with Crippen LogP contribution in [0.2, 0.25) is 0 Å². The third-order valence-electron chi connectivity index (χ3n) is 6.84. The number of ether oxygens (including phenoxy) is 1. The first-order chi connectivity index (χ1) is 17.5. The molecular weight excluding hydrogens is 472 g/mol. The number of aromatic nitrogens is 1. The van der Waals surface area contributed by atoms with E-state index in [4.69, 9.17) is 4.74 Å². The lowest BCUT2D eigenvalue weighted by molar-refractivity contribution is -0.134.